The van der Waals surface area contributed by atoms with Gasteiger partial charge in [0.1, 0.15) is 0 Å². The molecule has 0 aliphatic carbocycles. The SMILES string of the molecule is CCC(CCN)[SiH](OC)OC. The minimum atomic E-state index is -1.40. The van der Waals surface area contributed by atoms with Crippen LogP contribution >= 0.6 is 0 Å². The van der Waals surface area contributed by atoms with E-state index in [9.17, 15) is 0 Å². The Hall–Kier alpha value is 0.0969. The number of hydrogen-bond acceptors (Lipinski definition) is 3. The van der Waals surface area contributed by atoms with Crippen molar-refractivity contribution in [2.75, 3.05) is 20.8 Å². The fraction of sp³-hybridized carbons (Fsp3) is 1.00. The summed E-state index contributed by atoms with van der Waals surface area (Å²) >= 11 is 0. The molecule has 2 N–H and O–H groups in total. The van der Waals surface area contributed by atoms with Gasteiger partial charge in [0, 0.05) is 19.8 Å². The fourth-order valence-electron chi connectivity index (χ4n) is 1.23. The van der Waals surface area contributed by atoms with E-state index in [-0.39, 0.29) is 0 Å². The summed E-state index contributed by atoms with van der Waals surface area (Å²) in [4.78, 5) is 0. The maximum absolute atomic E-state index is 5.46. The van der Waals surface area contributed by atoms with Gasteiger partial charge in [-0.05, 0) is 13.0 Å². The van der Waals surface area contributed by atoms with Gasteiger partial charge >= 0.3 is 9.28 Å². The molecule has 3 nitrogen and oxygen atoms in total. The summed E-state index contributed by atoms with van der Waals surface area (Å²) in [7, 11) is 2.04. The van der Waals surface area contributed by atoms with Crippen molar-refractivity contribution in [2.24, 2.45) is 5.73 Å². The first-order valence-corrected chi connectivity index (χ1v) is 5.66. The van der Waals surface area contributed by atoms with Gasteiger partial charge in [0.15, 0.2) is 0 Å². The Morgan fingerprint density at radius 2 is 1.91 bits per heavy atom. The molecule has 0 heterocycles. The topological polar surface area (TPSA) is 44.5 Å². The quantitative estimate of drug-likeness (QED) is 0.605. The van der Waals surface area contributed by atoms with Gasteiger partial charge in [-0.3, -0.25) is 0 Å². The van der Waals surface area contributed by atoms with E-state index in [0.29, 0.717) is 5.54 Å². The molecule has 0 aromatic heterocycles. The third-order valence-electron chi connectivity index (χ3n) is 1.91. The van der Waals surface area contributed by atoms with E-state index < -0.39 is 9.28 Å². The molecule has 11 heavy (non-hydrogen) atoms. The Labute approximate surface area is 70.7 Å². The summed E-state index contributed by atoms with van der Waals surface area (Å²) in [6.07, 6.45) is 2.13. The molecule has 0 aliphatic rings. The first-order valence-electron chi connectivity index (χ1n) is 4.05. The van der Waals surface area contributed by atoms with Crippen LogP contribution in [0, 0.1) is 0 Å². The Kier molecular flexibility index (Phi) is 6.85. The Bertz CT molecular complexity index is 88.5. The molecule has 0 spiro atoms. The second kappa shape index (κ2) is 6.79. The van der Waals surface area contributed by atoms with E-state index in [1.54, 1.807) is 14.2 Å². The molecule has 0 amide bonds. The summed E-state index contributed by atoms with van der Waals surface area (Å²) in [5.41, 5.74) is 6.03. The van der Waals surface area contributed by atoms with Crippen LogP contribution in [0.1, 0.15) is 19.8 Å². The standard InChI is InChI=1S/C7H19NO2Si/c1-4-7(5-6-8)11(9-2)10-3/h7,11H,4-6,8H2,1-3H3. The minimum absolute atomic E-state index is 0.565. The average Bonchev–Trinajstić information content (AvgIpc) is 2.05. The van der Waals surface area contributed by atoms with Crippen LogP contribution in [0.4, 0.5) is 0 Å². The van der Waals surface area contributed by atoms with Crippen molar-refractivity contribution in [3.05, 3.63) is 0 Å². The third-order valence-corrected chi connectivity index (χ3v) is 4.42. The van der Waals surface area contributed by atoms with Crippen molar-refractivity contribution >= 4 is 9.28 Å². The highest BCUT2D eigenvalue weighted by Gasteiger charge is 2.21. The molecule has 0 rings (SSSR count). The lowest BCUT2D eigenvalue weighted by molar-refractivity contribution is 0.261. The molecule has 0 aromatic carbocycles. The number of nitrogens with two attached hydrogens (primary N) is 1. The molecule has 0 saturated carbocycles. The average molecular weight is 177 g/mol. The summed E-state index contributed by atoms with van der Waals surface area (Å²) in [6.45, 7) is 2.88. The van der Waals surface area contributed by atoms with Crippen LogP contribution in [0.3, 0.4) is 0 Å². The van der Waals surface area contributed by atoms with Crippen molar-refractivity contribution in [2.45, 2.75) is 25.3 Å². The van der Waals surface area contributed by atoms with E-state index in [4.69, 9.17) is 14.6 Å². The Morgan fingerprint density at radius 3 is 2.18 bits per heavy atom. The molecule has 1 atom stereocenters. The van der Waals surface area contributed by atoms with E-state index in [1.807, 2.05) is 0 Å². The molecule has 0 radical (unpaired) electrons. The van der Waals surface area contributed by atoms with Gasteiger partial charge in [-0.1, -0.05) is 13.3 Å². The minimum Gasteiger partial charge on any atom is -0.400 e. The van der Waals surface area contributed by atoms with Crippen molar-refractivity contribution in [3.8, 4) is 0 Å². The maximum atomic E-state index is 5.46. The lowest BCUT2D eigenvalue weighted by atomic mass is 10.2. The molecule has 0 saturated heterocycles. The van der Waals surface area contributed by atoms with Gasteiger partial charge in [0.25, 0.3) is 0 Å². The van der Waals surface area contributed by atoms with Gasteiger partial charge in [-0.15, -0.1) is 0 Å². The molecule has 0 fully saturated rings. The summed E-state index contributed by atoms with van der Waals surface area (Å²) in [5, 5.41) is 0. The largest absolute Gasteiger partial charge is 0.400 e. The zero-order valence-electron chi connectivity index (χ0n) is 7.67. The first kappa shape index (κ1) is 11.1. The van der Waals surface area contributed by atoms with Crippen LogP contribution < -0.4 is 5.73 Å². The van der Waals surface area contributed by atoms with Crippen molar-refractivity contribution in [3.63, 3.8) is 0 Å². The Balaban J connectivity index is 3.76. The van der Waals surface area contributed by atoms with Gasteiger partial charge in [0.05, 0.1) is 0 Å². The molecular formula is C7H19NO2Si. The summed E-state index contributed by atoms with van der Waals surface area (Å²) in [6, 6.07) is 0. The zero-order valence-corrected chi connectivity index (χ0v) is 8.82. The second-order valence-electron chi connectivity index (χ2n) is 2.59. The highest BCUT2D eigenvalue weighted by Crippen LogP contribution is 2.19. The van der Waals surface area contributed by atoms with Gasteiger partial charge < -0.3 is 14.6 Å². The van der Waals surface area contributed by atoms with Crippen LogP contribution in [0.5, 0.6) is 0 Å². The van der Waals surface area contributed by atoms with Gasteiger partial charge in [0.2, 0.25) is 0 Å². The van der Waals surface area contributed by atoms with Crippen LogP contribution in [0.25, 0.3) is 0 Å². The predicted octanol–water partition coefficient (Wildman–Crippen LogP) is 0.629. The molecular weight excluding hydrogens is 158 g/mol. The fourth-order valence-corrected chi connectivity index (χ4v) is 3.04. The van der Waals surface area contributed by atoms with Crippen LogP contribution in [-0.2, 0) is 8.85 Å². The van der Waals surface area contributed by atoms with Crippen molar-refractivity contribution in [1.82, 2.24) is 0 Å². The van der Waals surface area contributed by atoms with E-state index in [2.05, 4.69) is 6.92 Å². The molecule has 0 bridgehead atoms. The van der Waals surface area contributed by atoms with Crippen LogP contribution in [-0.4, -0.2) is 30.0 Å². The lowest BCUT2D eigenvalue weighted by Gasteiger charge is -2.20. The normalized spacial score (nSPS) is 13.9. The molecule has 4 heteroatoms. The second-order valence-corrected chi connectivity index (χ2v) is 5.21. The van der Waals surface area contributed by atoms with E-state index >= 15 is 0 Å². The number of hydrogen-bond donors (Lipinski definition) is 1. The Morgan fingerprint density at radius 1 is 1.36 bits per heavy atom. The highest BCUT2D eigenvalue weighted by atomic mass is 28.3. The smallest absolute Gasteiger partial charge is 0.324 e. The highest BCUT2D eigenvalue weighted by molar-refractivity contribution is 6.46. The van der Waals surface area contributed by atoms with Crippen LogP contribution in [0.2, 0.25) is 5.54 Å². The molecule has 0 aromatic rings. The molecule has 1 unspecified atom stereocenters. The molecule has 68 valence electrons. The van der Waals surface area contributed by atoms with Gasteiger partial charge in [-0.25, -0.2) is 0 Å². The summed E-state index contributed by atoms with van der Waals surface area (Å²) in [5.74, 6) is 0. The van der Waals surface area contributed by atoms with Crippen LogP contribution in [0.15, 0.2) is 0 Å². The van der Waals surface area contributed by atoms with Gasteiger partial charge in [-0.2, -0.15) is 0 Å². The third kappa shape index (κ3) is 3.86. The number of rotatable bonds is 6. The van der Waals surface area contributed by atoms with E-state index in [1.165, 1.54) is 0 Å². The van der Waals surface area contributed by atoms with Crippen molar-refractivity contribution < 1.29 is 8.85 Å². The van der Waals surface area contributed by atoms with Crippen molar-refractivity contribution in [1.29, 1.82) is 0 Å². The lowest BCUT2D eigenvalue weighted by Crippen LogP contribution is -2.27. The maximum Gasteiger partial charge on any atom is 0.324 e. The predicted molar refractivity (Wildman–Crippen MR) is 48.9 cm³/mol. The zero-order chi connectivity index (χ0) is 8.69. The first-order chi connectivity index (χ1) is 5.29. The molecule has 0 aliphatic heterocycles. The monoisotopic (exact) mass is 177 g/mol. The van der Waals surface area contributed by atoms with E-state index in [0.717, 1.165) is 19.4 Å². The summed E-state index contributed by atoms with van der Waals surface area (Å²) < 4.78 is 10.5.